The molecule has 0 aromatic heterocycles. The number of hydrogen-bond acceptors (Lipinski definition) is 6. The standard InChI is InChI=1S/C25H32N2O6S/c1-4-5-16-33-25(29)20-6-8-21(9-7-20)26-24(28)19-12-14-27(15-13-19)34(30,31)22-10-11-23(32-3)18(2)17-22/h6-11,17,19H,4-5,12-16H2,1-3H3,(H,26,28). The number of ether oxygens (including phenoxy) is 2. The zero-order valence-electron chi connectivity index (χ0n) is 19.9. The molecule has 3 rings (SSSR count). The van der Waals surface area contributed by atoms with E-state index < -0.39 is 10.0 Å². The summed E-state index contributed by atoms with van der Waals surface area (Å²) in [6.45, 7) is 4.76. The van der Waals surface area contributed by atoms with Crippen molar-refractivity contribution in [2.24, 2.45) is 5.92 Å². The Morgan fingerprint density at radius 3 is 2.35 bits per heavy atom. The molecule has 0 bridgehead atoms. The number of nitrogens with zero attached hydrogens (tertiary/aromatic N) is 1. The zero-order valence-corrected chi connectivity index (χ0v) is 20.7. The lowest BCUT2D eigenvalue weighted by Gasteiger charge is -2.30. The molecule has 2 aromatic rings. The Morgan fingerprint density at radius 1 is 1.09 bits per heavy atom. The average molecular weight is 489 g/mol. The van der Waals surface area contributed by atoms with Gasteiger partial charge in [-0.1, -0.05) is 13.3 Å². The van der Waals surface area contributed by atoms with Crippen molar-refractivity contribution in [2.45, 2.75) is 44.4 Å². The SMILES string of the molecule is CCCCOC(=O)c1ccc(NC(=O)C2CCN(S(=O)(=O)c3ccc(OC)c(C)c3)CC2)cc1. The topological polar surface area (TPSA) is 102 Å². The van der Waals surface area contributed by atoms with Crippen molar-refractivity contribution in [3.63, 3.8) is 0 Å². The molecule has 1 aliphatic rings. The molecule has 1 N–H and O–H groups in total. The number of nitrogens with one attached hydrogen (secondary N) is 1. The molecule has 1 saturated heterocycles. The molecular formula is C25H32N2O6S. The number of rotatable bonds is 9. The normalized spacial score (nSPS) is 15.0. The van der Waals surface area contributed by atoms with E-state index in [0.717, 1.165) is 18.4 Å². The maximum absolute atomic E-state index is 13.0. The minimum atomic E-state index is -3.64. The highest BCUT2D eigenvalue weighted by molar-refractivity contribution is 7.89. The van der Waals surface area contributed by atoms with Crippen LogP contribution in [0.1, 0.15) is 48.5 Å². The molecule has 34 heavy (non-hydrogen) atoms. The summed E-state index contributed by atoms with van der Waals surface area (Å²) in [4.78, 5) is 24.9. The maximum atomic E-state index is 13.0. The zero-order chi connectivity index (χ0) is 24.7. The summed E-state index contributed by atoms with van der Waals surface area (Å²) in [5.74, 6) is -0.193. The Kier molecular flexibility index (Phi) is 8.68. The van der Waals surface area contributed by atoms with Crippen molar-refractivity contribution in [3.05, 3.63) is 53.6 Å². The smallest absolute Gasteiger partial charge is 0.338 e. The van der Waals surface area contributed by atoms with Crippen molar-refractivity contribution in [2.75, 3.05) is 32.1 Å². The van der Waals surface area contributed by atoms with E-state index in [1.54, 1.807) is 56.5 Å². The summed E-state index contributed by atoms with van der Waals surface area (Å²) in [5.41, 5.74) is 1.76. The highest BCUT2D eigenvalue weighted by Gasteiger charge is 2.32. The van der Waals surface area contributed by atoms with E-state index in [0.29, 0.717) is 36.4 Å². The van der Waals surface area contributed by atoms with Crippen molar-refractivity contribution in [3.8, 4) is 5.75 Å². The Bertz CT molecular complexity index is 1110. The first kappa shape index (κ1) is 25.7. The Labute approximate surface area is 201 Å². The minimum Gasteiger partial charge on any atom is -0.496 e. The van der Waals surface area contributed by atoms with Crippen LogP contribution in [0, 0.1) is 12.8 Å². The highest BCUT2D eigenvalue weighted by Crippen LogP contribution is 2.27. The first-order chi connectivity index (χ1) is 16.3. The van der Waals surface area contributed by atoms with Crippen LogP contribution in [0.15, 0.2) is 47.4 Å². The Morgan fingerprint density at radius 2 is 1.76 bits per heavy atom. The number of esters is 1. The van der Waals surface area contributed by atoms with Crippen LogP contribution in [-0.2, 0) is 19.6 Å². The number of carbonyl (C=O) groups is 2. The molecule has 1 amide bonds. The quantitative estimate of drug-likeness (QED) is 0.423. The third-order valence-corrected chi connectivity index (χ3v) is 7.84. The van der Waals surface area contributed by atoms with Crippen LogP contribution in [0.2, 0.25) is 0 Å². The second-order valence-electron chi connectivity index (χ2n) is 8.37. The third-order valence-electron chi connectivity index (χ3n) is 5.95. The molecule has 0 unspecified atom stereocenters. The van der Waals surface area contributed by atoms with E-state index >= 15 is 0 Å². The van der Waals surface area contributed by atoms with E-state index in [9.17, 15) is 18.0 Å². The van der Waals surface area contributed by atoms with Crippen LogP contribution in [0.4, 0.5) is 5.69 Å². The lowest BCUT2D eigenvalue weighted by Crippen LogP contribution is -2.41. The first-order valence-electron chi connectivity index (χ1n) is 11.5. The van der Waals surface area contributed by atoms with Gasteiger partial charge in [0.25, 0.3) is 0 Å². The van der Waals surface area contributed by atoms with Gasteiger partial charge in [-0.25, -0.2) is 13.2 Å². The van der Waals surface area contributed by atoms with E-state index in [-0.39, 0.29) is 35.8 Å². The van der Waals surface area contributed by atoms with Gasteiger partial charge in [0.05, 0.1) is 24.2 Å². The van der Waals surface area contributed by atoms with Gasteiger partial charge in [-0.15, -0.1) is 0 Å². The Balaban J connectivity index is 1.54. The molecule has 0 aliphatic carbocycles. The van der Waals surface area contributed by atoms with Gasteiger partial charge >= 0.3 is 5.97 Å². The largest absolute Gasteiger partial charge is 0.496 e. The molecule has 0 spiro atoms. The van der Waals surface area contributed by atoms with E-state index in [1.807, 2.05) is 6.92 Å². The van der Waals surface area contributed by atoms with Crippen LogP contribution in [0.5, 0.6) is 5.75 Å². The van der Waals surface area contributed by atoms with Gasteiger partial charge in [0.15, 0.2) is 0 Å². The van der Waals surface area contributed by atoms with Gasteiger partial charge in [0.1, 0.15) is 5.75 Å². The minimum absolute atomic E-state index is 0.157. The molecule has 1 aliphatic heterocycles. The first-order valence-corrected chi connectivity index (χ1v) is 12.9. The summed E-state index contributed by atoms with van der Waals surface area (Å²) in [5, 5.41) is 2.86. The van der Waals surface area contributed by atoms with Crippen LogP contribution in [-0.4, -0.2) is 51.4 Å². The third kappa shape index (κ3) is 6.15. The summed E-state index contributed by atoms with van der Waals surface area (Å²) in [7, 11) is -2.09. The second-order valence-corrected chi connectivity index (χ2v) is 10.3. The Hall–Kier alpha value is -2.91. The lowest BCUT2D eigenvalue weighted by atomic mass is 9.97. The van der Waals surface area contributed by atoms with Crippen molar-refractivity contribution in [1.82, 2.24) is 4.31 Å². The number of aryl methyl sites for hydroxylation is 1. The average Bonchev–Trinajstić information content (AvgIpc) is 2.84. The molecule has 1 heterocycles. The molecule has 184 valence electrons. The summed E-state index contributed by atoms with van der Waals surface area (Å²) in [6.07, 6.45) is 2.63. The fraction of sp³-hybridized carbons (Fsp3) is 0.440. The second kappa shape index (κ2) is 11.5. The molecule has 0 atom stereocenters. The number of benzene rings is 2. The molecule has 2 aromatic carbocycles. The van der Waals surface area contributed by atoms with Crippen molar-refractivity contribution in [1.29, 1.82) is 0 Å². The van der Waals surface area contributed by atoms with Gasteiger partial charge in [0, 0.05) is 24.7 Å². The van der Waals surface area contributed by atoms with E-state index in [4.69, 9.17) is 9.47 Å². The number of unbranched alkanes of at least 4 members (excludes halogenated alkanes) is 1. The fourth-order valence-electron chi connectivity index (χ4n) is 3.85. The van der Waals surface area contributed by atoms with Crippen molar-refractivity contribution >= 4 is 27.6 Å². The predicted molar refractivity (Wildman–Crippen MR) is 129 cm³/mol. The molecule has 1 fully saturated rings. The molecule has 0 saturated carbocycles. The van der Waals surface area contributed by atoms with Crippen LogP contribution in [0.25, 0.3) is 0 Å². The fourth-order valence-corrected chi connectivity index (χ4v) is 5.40. The van der Waals surface area contributed by atoms with Gasteiger partial charge in [-0.2, -0.15) is 4.31 Å². The van der Waals surface area contributed by atoms with Gasteiger partial charge < -0.3 is 14.8 Å². The monoisotopic (exact) mass is 488 g/mol. The van der Waals surface area contributed by atoms with Gasteiger partial charge in [-0.05, 0) is 74.2 Å². The summed E-state index contributed by atoms with van der Waals surface area (Å²) < 4.78 is 37.9. The number of sulfonamides is 1. The van der Waals surface area contributed by atoms with Crippen LogP contribution >= 0.6 is 0 Å². The van der Waals surface area contributed by atoms with E-state index in [1.165, 1.54) is 4.31 Å². The van der Waals surface area contributed by atoms with E-state index in [2.05, 4.69) is 5.32 Å². The van der Waals surface area contributed by atoms with Crippen LogP contribution in [0.3, 0.4) is 0 Å². The van der Waals surface area contributed by atoms with Gasteiger partial charge in [0.2, 0.25) is 15.9 Å². The summed E-state index contributed by atoms with van der Waals surface area (Å²) >= 11 is 0. The number of methoxy groups -OCH3 is 1. The number of anilines is 1. The molecule has 9 heteroatoms. The van der Waals surface area contributed by atoms with Crippen LogP contribution < -0.4 is 10.1 Å². The highest BCUT2D eigenvalue weighted by atomic mass is 32.2. The number of amides is 1. The number of hydrogen-bond donors (Lipinski definition) is 1. The lowest BCUT2D eigenvalue weighted by molar-refractivity contribution is -0.120. The van der Waals surface area contributed by atoms with Gasteiger partial charge in [-0.3, -0.25) is 4.79 Å². The number of piperidine rings is 1. The predicted octanol–water partition coefficient (Wildman–Crippen LogP) is 4.00. The maximum Gasteiger partial charge on any atom is 0.338 e. The molecule has 8 nitrogen and oxygen atoms in total. The van der Waals surface area contributed by atoms with Crippen molar-refractivity contribution < 1.29 is 27.5 Å². The molecular weight excluding hydrogens is 456 g/mol. The number of carbonyl (C=O) groups excluding carboxylic acids is 2. The molecule has 0 radical (unpaired) electrons. The summed E-state index contributed by atoms with van der Waals surface area (Å²) in [6, 6.07) is 11.4.